The first-order chi connectivity index (χ1) is 30.3. The number of piperidine rings is 1. The molecule has 1 unspecified atom stereocenters. The Morgan fingerprint density at radius 3 is 2.12 bits per heavy atom. The molecule has 1 aliphatic heterocycles. The van der Waals surface area contributed by atoms with Crippen LogP contribution in [0.4, 0.5) is 15.3 Å². The van der Waals surface area contributed by atoms with Crippen molar-refractivity contribution in [1.29, 1.82) is 0 Å². The molecule has 1 saturated carbocycles. The van der Waals surface area contributed by atoms with Crippen molar-refractivity contribution < 1.29 is 33.4 Å². The number of hydrogen-bond donors (Lipinski definition) is 5. The van der Waals surface area contributed by atoms with Crippen molar-refractivity contribution in [3.05, 3.63) is 77.6 Å². The number of alkyl carbamates (subject to hydrolysis) is 1. The highest BCUT2D eigenvalue weighted by molar-refractivity contribution is 5.98. The lowest BCUT2D eigenvalue weighted by Crippen LogP contribution is -2.52. The Hall–Kier alpha value is -6.39. The van der Waals surface area contributed by atoms with Gasteiger partial charge in [0, 0.05) is 60.0 Å². The number of amides is 5. The summed E-state index contributed by atoms with van der Waals surface area (Å²) in [6.07, 6.45) is 3.44. The summed E-state index contributed by atoms with van der Waals surface area (Å²) in [4.78, 5) is 72.2. The van der Waals surface area contributed by atoms with Gasteiger partial charge in [-0.25, -0.2) is 14.6 Å². The Balaban J connectivity index is 1.08. The first-order valence-electron chi connectivity index (χ1n) is 22.1. The third-order valence-corrected chi connectivity index (χ3v) is 11.4. The van der Waals surface area contributed by atoms with E-state index in [-0.39, 0.29) is 54.2 Å². The maximum Gasteiger partial charge on any atom is 0.410 e. The smallest absolute Gasteiger partial charge is 0.410 e. The molecule has 17 heteroatoms. The molecule has 4 aromatic rings. The van der Waals surface area contributed by atoms with Gasteiger partial charge in [0.2, 0.25) is 17.6 Å². The monoisotopic (exact) mass is 878 g/mol. The second kappa shape index (κ2) is 20.4. The Morgan fingerprint density at radius 2 is 1.52 bits per heavy atom. The average molecular weight is 879 g/mol. The molecule has 0 bridgehead atoms. The van der Waals surface area contributed by atoms with E-state index >= 15 is 0 Å². The van der Waals surface area contributed by atoms with Crippen LogP contribution in [0.3, 0.4) is 0 Å². The van der Waals surface area contributed by atoms with Crippen LogP contribution in [0.1, 0.15) is 109 Å². The molecule has 3 atom stereocenters. The van der Waals surface area contributed by atoms with Crippen LogP contribution in [0.2, 0.25) is 0 Å². The fourth-order valence-corrected chi connectivity index (χ4v) is 8.09. The number of carbonyl (C=O) groups excluding carboxylic acids is 5. The van der Waals surface area contributed by atoms with Gasteiger partial charge in [-0.15, -0.1) is 10.2 Å². The van der Waals surface area contributed by atoms with Crippen molar-refractivity contribution in [2.75, 3.05) is 18.4 Å². The zero-order valence-electron chi connectivity index (χ0n) is 38.1. The van der Waals surface area contributed by atoms with E-state index in [9.17, 15) is 24.0 Å². The predicted molar refractivity (Wildman–Crippen MR) is 241 cm³/mol. The molecular weight excluding hydrogens is 817 g/mol. The van der Waals surface area contributed by atoms with Crippen LogP contribution in [-0.4, -0.2) is 103 Å². The molecule has 17 nitrogen and oxygen atoms in total. The summed E-state index contributed by atoms with van der Waals surface area (Å²) in [5, 5.41) is 26.0. The van der Waals surface area contributed by atoms with Crippen LogP contribution < -0.4 is 21.3 Å². The van der Waals surface area contributed by atoms with Gasteiger partial charge in [-0.2, -0.15) is 5.21 Å². The Kier molecular flexibility index (Phi) is 15.0. The lowest BCUT2D eigenvalue weighted by atomic mass is 9.81. The maximum atomic E-state index is 13.9. The van der Waals surface area contributed by atoms with Crippen LogP contribution in [0.5, 0.6) is 0 Å². The summed E-state index contributed by atoms with van der Waals surface area (Å²) in [7, 11) is 0. The number of nitrogens with one attached hydrogen (secondary N) is 5. The van der Waals surface area contributed by atoms with Gasteiger partial charge in [-0.1, -0.05) is 30.3 Å². The molecular formula is C47H62N10O7. The van der Waals surface area contributed by atoms with Gasteiger partial charge in [0.1, 0.15) is 22.9 Å². The average Bonchev–Trinajstić information content (AvgIpc) is 3.78. The van der Waals surface area contributed by atoms with Crippen LogP contribution in [-0.2, 0) is 25.5 Å². The quantitative estimate of drug-likeness (QED) is 0.100. The molecule has 6 rings (SSSR count). The number of hydrogen-bond acceptors (Lipinski definition) is 11. The number of anilines is 1. The molecule has 64 heavy (non-hydrogen) atoms. The highest BCUT2D eigenvalue weighted by atomic mass is 16.6. The number of aryl methyl sites for hydroxylation is 1. The summed E-state index contributed by atoms with van der Waals surface area (Å²) in [5.74, 6) is -0.445. The minimum atomic E-state index is -0.879. The zero-order chi connectivity index (χ0) is 46.2. The van der Waals surface area contributed by atoms with Gasteiger partial charge in [0.25, 0.3) is 5.91 Å². The number of aromatic amines is 1. The summed E-state index contributed by atoms with van der Waals surface area (Å²) in [5.41, 5.74) is 3.66. The number of pyridine rings is 1. The van der Waals surface area contributed by atoms with Crippen molar-refractivity contribution in [2.45, 2.75) is 130 Å². The zero-order valence-corrected chi connectivity index (χ0v) is 38.1. The molecule has 5 N–H and O–H groups in total. The first kappa shape index (κ1) is 47.1. The number of likely N-dealkylation sites (tertiary alicyclic amines) is 1. The van der Waals surface area contributed by atoms with E-state index in [2.05, 4.69) is 46.9 Å². The van der Waals surface area contributed by atoms with Gasteiger partial charge in [-0.05, 0) is 147 Å². The van der Waals surface area contributed by atoms with Crippen molar-refractivity contribution in [1.82, 2.24) is 46.5 Å². The van der Waals surface area contributed by atoms with Gasteiger partial charge in [-0.3, -0.25) is 14.4 Å². The SMILES string of the molecule is Cc1nc(C(=O)NC2CCN(C(=O)OC(C)(C)C)[C@H](C)C2)ccc1-c1ccc(C[C@H](NC(=O)C2CCC(CNC(=O)OC(C)(C)C)CC2)C(=O)Nc2ccc(-c3nn[nH]n3)cc2)cc1. The van der Waals surface area contributed by atoms with E-state index in [1.54, 1.807) is 35.2 Å². The molecule has 0 radical (unpaired) electrons. The molecule has 342 valence electrons. The lowest BCUT2D eigenvalue weighted by Gasteiger charge is -2.38. The number of rotatable bonds is 12. The summed E-state index contributed by atoms with van der Waals surface area (Å²) in [6, 6.07) is 17.3. The third kappa shape index (κ3) is 13.3. The fourth-order valence-electron chi connectivity index (χ4n) is 8.09. The molecule has 1 aliphatic carbocycles. The van der Waals surface area contributed by atoms with E-state index in [0.717, 1.165) is 35.1 Å². The van der Waals surface area contributed by atoms with Gasteiger partial charge in [0.05, 0.1) is 0 Å². The third-order valence-electron chi connectivity index (χ3n) is 11.4. The number of aromatic nitrogens is 5. The number of ether oxygens (including phenoxy) is 2. The second-order valence-corrected chi connectivity index (χ2v) is 18.9. The Morgan fingerprint density at radius 1 is 0.844 bits per heavy atom. The predicted octanol–water partition coefficient (Wildman–Crippen LogP) is 6.75. The van der Waals surface area contributed by atoms with Crippen molar-refractivity contribution in [3.63, 3.8) is 0 Å². The molecule has 3 heterocycles. The highest BCUT2D eigenvalue weighted by Gasteiger charge is 2.33. The summed E-state index contributed by atoms with van der Waals surface area (Å²) >= 11 is 0. The van der Waals surface area contributed by atoms with Crippen molar-refractivity contribution in [2.24, 2.45) is 11.8 Å². The largest absolute Gasteiger partial charge is 0.444 e. The molecule has 2 aliphatic rings. The number of carbonyl (C=O) groups is 5. The summed E-state index contributed by atoms with van der Waals surface area (Å²) < 4.78 is 10.9. The van der Waals surface area contributed by atoms with Crippen LogP contribution in [0.25, 0.3) is 22.5 Å². The number of H-pyrrole nitrogens is 1. The molecule has 0 spiro atoms. The topological polar surface area (TPSA) is 223 Å². The van der Waals surface area contributed by atoms with E-state index in [1.807, 2.05) is 85.7 Å². The van der Waals surface area contributed by atoms with Crippen LogP contribution in [0.15, 0.2) is 60.7 Å². The Bertz CT molecular complexity index is 2240. The first-order valence-corrected chi connectivity index (χ1v) is 22.1. The van der Waals surface area contributed by atoms with E-state index < -0.39 is 23.3 Å². The van der Waals surface area contributed by atoms with Crippen LogP contribution >= 0.6 is 0 Å². The Labute approximate surface area is 374 Å². The van der Waals surface area contributed by atoms with Gasteiger partial charge < -0.3 is 35.6 Å². The molecule has 1 saturated heterocycles. The van der Waals surface area contributed by atoms with Crippen molar-refractivity contribution >= 4 is 35.6 Å². The molecule has 2 fully saturated rings. The number of tetrazole rings is 1. The van der Waals surface area contributed by atoms with E-state index in [1.165, 1.54) is 0 Å². The maximum absolute atomic E-state index is 13.9. The highest BCUT2D eigenvalue weighted by Crippen LogP contribution is 2.30. The standard InChI is InChI=1S/C47H62N10O7/c1-28-25-36(23-24-57(28)45(62)64-47(6,7)8)51-42(59)38-22-21-37(29(2)49-38)32-13-9-30(10-14-32)26-39(43(60)50-35-19-17-33(18-20-35)40-53-55-56-54-40)52-41(58)34-15-11-31(12-16-34)27-48-44(61)63-46(3,4)5/h9-10,13-14,17-22,28,31,34,36,39H,11-12,15-16,23-27H2,1-8H3,(H,48,61)(H,50,60)(H,51,59)(H,52,58)(H,53,54,55,56)/t28-,31?,34?,36?,39+/m1/s1. The fraction of sp³-hybridized carbons (Fsp3) is 0.511. The summed E-state index contributed by atoms with van der Waals surface area (Å²) in [6.45, 7) is 15.8. The van der Waals surface area contributed by atoms with Crippen molar-refractivity contribution in [3.8, 4) is 22.5 Å². The normalized spacial score (nSPS) is 19.5. The van der Waals surface area contributed by atoms with Crippen LogP contribution in [0, 0.1) is 18.8 Å². The minimum absolute atomic E-state index is 0.0933. The van der Waals surface area contributed by atoms with E-state index in [0.29, 0.717) is 61.7 Å². The molecule has 5 amide bonds. The lowest BCUT2D eigenvalue weighted by molar-refractivity contribution is -0.130. The number of benzene rings is 2. The number of nitrogens with zero attached hydrogens (tertiary/aromatic N) is 5. The van der Waals surface area contributed by atoms with E-state index in [4.69, 9.17) is 9.47 Å². The van der Waals surface area contributed by atoms with Gasteiger partial charge in [0.15, 0.2) is 0 Å². The molecule has 2 aromatic carbocycles. The van der Waals surface area contributed by atoms with Gasteiger partial charge >= 0.3 is 12.2 Å². The molecule has 2 aromatic heterocycles. The second-order valence-electron chi connectivity index (χ2n) is 18.9. The minimum Gasteiger partial charge on any atom is -0.444 e.